The van der Waals surface area contributed by atoms with Crippen LogP contribution in [0.1, 0.15) is 55.5 Å². The lowest BCUT2D eigenvalue weighted by molar-refractivity contribution is 0.652. The van der Waals surface area contributed by atoms with Gasteiger partial charge in [0.1, 0.15) is 0 Å². The molecule has 0 aromatic heterocycles. The third-order valence-corrected chi connectivity index (χ3v) is 14.7. The van der Waals surface area contributed by atoms with Crippen LogP contribution in [0.25, 0.3) is 22.3 Å². The number of benzene rings is 9. The van der Waals surface area contributed by atoms with Gasteiger partial charge in [0.25, 0.3) is 0 Å². The molecule has 4 aliphatic rings. The first-order valence-corrected chi connectivity index (χ1v) is 22.9. The zero-order chi connectivity index (χ0) is 43.8. The Morgan fingerprint density at radius 3 is 1.08 bits per heavy atom. The average molecular weight is 837 g/mol. The number of nitrogens with zero attached hydrogens (tertiary/aromatic N) is 4. The number of rotatable bonds is 4. The Balaban J connectivity index is 0.914. The van der Waals surface area contributed by atoms with Gasteiger partial charge < -0.3 is 19.6 Å². The fourth-order valence-corrected chi connectivity index (χ4v) is 11.7. The lowest BCUT2D eigenvalue weighted by Gasteiger charge is -2.40. The Kier molecular flexibility index (Phi) is 7.89. The average Bonchev–Trinajstić information content (AvgIpc) is 3.70. The highest BCUT2D eigenvalue weighted by Gasteiger charge is 2.44. The van der Waals surface area contributed by atoms with Crippen molar-refractivity contribution in [3.8, 4) is 22.3 Å². The van der Waals surface area contributed by atoms with Crippen LogP contribution < -0.4 is 19.6 Å². The Morgan fingerprint density at radius 2 is 0.615 bits per heavy atom. The Labute approximate surface area is 381 Å². The van der Waals surface area contributed by atoms with Gasteiger partial charge in [-0.1, -0.05) is 119 Å². The van der Waals surface area contributed by atoms with Crippen LogP contribution >= 0.6 is 0 Å². The van der Waals surface area contributed by atoms with Gasteiger partial charge in [-0.15, -0.1) is 0 Å². The van der Waals surface area contributed by atoms with Crippen LogP contribution in [-0.4, -0.2) is 0 Å². The summed E-state index contributed by atoms with van der Waals surface area (Å²) in [6, 6.07) is 73.9. The van der Waals surface area contributed by atoms with E-state index < -0.39 is 0 Å². The van der Waals surface area contributed by atoms with Crippen LogP contribution in [0.2, 0.25) is 0 Å². The van der Waals surface area contributed by atoms with Gasteiger partial charge in [0.05, 0.1) is 45.5 Å². The van der Waals surface area contributed by atoms with E-state index in [0.29, 0.717) is 0 Å². The molecule has 0 amide bonds. The zero-order valence-electron chi connectivity index (χ0n) is 37.3. The molecule has 13 rings (SSSR count). The van der Waals surface area contributed by atoms with Crippen molar-refractivity contribution in [2.45, 2.75) is 45.4 Å². The van der Waals surface area contributed by atoms with Crippen molar-refractivity contribution in [1.29, 1.82) is 0 Å². The van der Waals surface area contributed by atoms with E-state index in [1.807, 2.05) is 0 Å². The van der Waals surface area contributed by atoms with Crippen LogP contribution in [-0.2, 0) is 10.8 Å². The van der Waals surface area contributed by atoms with E-state index in [2.05, 4.69) is 254 Å². The number of aryl methyl sites for hydroxylation is 1. The summed E-state index contributed by atoms with van der Waals surface area (Å²) in [6.45, 7) is 12.0. The van der Waals surface area contributed by atoms with E-state index >= 15 is 0 Å². The molecule has 0 spiro atoms. The van der Waals surface area contributed by atoms with Crippen molar-refractivity contribution in [1.82, 2.24) is 0 Å². The molecule has 4 heteroatoms. The molecule has 0 radical (unpaired) electrons. The van der Waals surface area contributed by atoms with E-state index in [0.717, 1.165) is 11.4 Å². The summed E-state index contributed by atoms with van der Waals surface area (Å²) in [5.41, 5.74) is 25.8. The van der Waals surface area contributed by atoms with Gasteiger partial charge in [-0.25, -0.2) is 0 Å². The fraction of sp³-hybridized carbons (Fsp3) is 0.115. The molecule has 0 fully saturated rings. The second kappa shape index (κ2) is 13.6. The van der Waals surface area contributed by atoms with Gasteiger partial charge in [-0.05, 0) is 166 Å². The minimum atomic E-state index is -0.218. The van der Waals surface area contributed by atoms with E-state index in [1.54, 1.807) is 0 Å². The summed E-state index contributed by atoms with van der Waals surface area (Å²) in [7, 11) is 0. The largest absolute Gasteiger partial charge is 0.306 e. The Bertz CT molecular complexity index is 3330. The maximum Gasteiger partial charge on any atom is 0.0703 e. The van der Waals surface area contributed by atoms with Gasteiger partial charge in [-0.3, -0.25) is 0 Å². The van der Waals surface area contributed by atoms with Gasteiger partial charge >= 0.3 is 0 Å². The SMILES string of the molecule is Cc1cc(N2c3ccccc3N(c3ccccc3)c3ccccc32)cc2c1-c1cc3c(cc1C2(C)C)-c1ccc(N2c4ccccc4N(c4ccccc4)c4ccccc42)cc1C3(C)C. The Morgan fingerprint density at radius 1 is 0.277 bits per heavy atom. The van der Waals surface area contributed by atoms with Gasteiger partial charge in [-0.2, -0.15) is 0 Å². The van der Waals surface area contributed by atoms with Crippen LogP contribution in [0.5, 0.6) is 0 Å². The van der Waals surface area contributed by atoms with E-state index in [4.69, 9.17) is 0 Å². The summed E-state index contributed by atoms with van der Waals surface area (Å²) < 4.78 is 0. The molecule has 0 bridgehead atoms. The minimum Gasteiger partial charge on any atom is -0.306 e. The van der Waals surface area contributed by atoms with Crippen molar-refractivity contribution < 1.29 is 0 Å². The fourth-order valence-electron chi connectivity index (χ4n) is 11.7. The van der Waals surface area contributed by atoms with Crippen LogP contribution in [0.3, 0.4) is 0 Å². The highest BCUT2D eigenvalue weighted by Crippen LogP contribution is 2.61. The highest BCUT2D eigenvalue weighted by atomic mass is 15.3. The molecule has 9 aromatic carbocycles. The molecule has 2 aliphatic heterocycles. The topological polar surface area (TPSA) is 13.0 Å². The molecule has 0 unspecified atom stereocenters. The van der Waals surface area contributed by atoms with Crippen LogP contribution in [0.4, 0.5) is 68.2 Å². The minimum absolute atomic E-state index is 0.215. The van der Waals surface area contributed by atoms with Crippen molar-refractivity contribution in [3.05, 3.63) is 228 Å². The number of hydrogen-bond acceptors (Lipinski definition) is 4. The first-order chi connectivity index (χ1) is 31.7. The van der Waals surface area contributed by atoms with Crippen molar-refractivity contribution >= 4 is 68.2 Å². The number of anilines is 12. The quantitative estimate of drug-likeness (QED) is 0.175. The first kappa shape index (κ1) is 37.7. The third-order valence-electron chi connectivity index (χ3n) is 14.7. The molecule has 9 aromatic rings. The molecular formula is C61H48N4. The normalized spacial score (nSPS) is 15.3. The molecule has 65 heavy (non-hydrogen) atoms. The van der Waals surface area contributed by atoms with E-state index in [-0.39, 0.29) is 10.8 Å². The van der Waals surface area contributed by atoms with Crippen LogP contribution in [0, 0.1) is 6.92 Å². The number of fused-ring (bicyclic) bond motifs is 10. The predicted octanol–water partition coefficient (Wildman–Crippen LogP) is 17.1. The molecule has 0 saturated carbocycles. The molecular weight excluding hydrogens is 789 g/mol. The smallest absolute Gasteiger partial charge is 0.0703 e. The number of hydrogen-bond donors (Lipinski definition) is 0. The van der Waals surface area contributed by atoms with E-state index in [9.17, 15) is 0 Å². The summed E-state index contributed by atoms with van der Waals surface area (Å²) in [5, 5.41) is 0. The second-order valence-corrected chi connectivity index (χ2v) is 19.1. The van der Waals surface area contributed by atoms with Gasteiger partial charge in [0.15, 0.2) is 0 Å². The summed E-state index contributed by atoms with van der Waals surface area (Å²) >= 11 is 0. The molecule has 4 nitrogen and oxygen atoms in total. The highest BCUT2D eigenvalue weighted by molar-refractivity contribution is 6.04. The zero-order valence-corrected chi connectivity index (χ0v) is 37.3. The molecule has 312 valence electrons. The second-order valence-electron chi connectivity index (χ2n) is 19.1. The van der Waals surface area contributed by atoms with Gasteiger partial charge in [0.2, 0.25) is 0 Å². The lowest BCUT2D eigenvalue weighted by atomic mass is 9.79. The summed E-state index contributed by atoms with van der Waals surface area (Å²) in [4.78, 5) is 9.73. The van der Waals surface area contributed by atoms with Crippen molar-refractivity contribution in [3.63, 3.8) is 0 Å². The lowest BCUT2D eigenvalue weighted by Crippen LogP contribution is -2.24. The maximum atomic E-state index is 2.55. The van der Waals surface area contributed by atoms with Crippen LogP contribution in [0.15, 0.2) is 200 Å². The molecule has 0 saturated heterocycles. The maximum absolute atomic E-state index is 2.55. The summed E-state index contributed by atoms with van der Waals surface area (Å²) in [6.07, 6.45) is 0. The molecule has 2 aliphatic carbocycles. The standard InChI is InChI=1S/C61H48N4/c1-39-34-43(65-57-30-18-14-26-53(57)63(41-22-10-7-11-23-41)54-27-15-19-31-58(54)65)36-50-59(39)46-38-48-45(37-49(46)61(50,4)5)44-33-32-42(35-47(44)60(48,2)3)64-55-28-16-12-24-51(55)62(40-20-8-6-9-21-40)52-25-13-17-29-56(52)64/h6-38H,1-5H3. The first-order valence-electron chi connectivity index (χ1n) is 22.9. The summed E-state index contributed by atoms with van der Waals surface area (Å²) in [5.74, 6) is 0. The monoisotopic (exact) mass is 836 g/mol. The predicted molar refractivity (Wildman–Crippen MR) is 272 cm³/mol. The van der Waals surface area contributed by atoms with E-state index in [1.165, 1.54) is 107 Å². The molecule has 2 heterocycles. The van der Waals surface area contributed by atoms with Gasteiger partial charge in [0, 0.05) is 33.6 Å². The van der Waals surface area contributed by atoms with Crippen molar-refractivity contribution in [2.75, 3.05) is 19.6 Å². The molecule has 0 N–H and O–H groups in total. The third kappa shape index (κ3) is 5.25. The molecule has 0 atom stereocenters. The Hall–Kier alpha value is -7.82. The van der Waals surface area contributed by atoms with Crippen molar-refractivity contribution in [2.24, 2.45) is 0 Å². The number of para-hydroxylation sites is 10.